The molecule has 14 rings (SSSR count). The second-order valence-electron chi connectivity index (χ2n) is 18.6. The van der Waals surface area contributed by atoms with Crippen molar-refractivity contribution in [3.8, 4) is 56.0 Å². The molecule has 2 spiro atoms. The first-order valence-corrected chi connectivity index (χ1v) is 23.6. The molecule has 0 N–H and O–H groups in total. The van der Waals surface area contributed by atoms with Crippen LogP contribution in [0.1, 0.15) is 86.5 Å². The topological polar surface area (TPSA) is 38.9 Å². The first-order valence-electron chi connectivity index (χ1n) is 22.8. The lowest BCUT2D eigenvalue weighted by molar-refractivity contribution is 0.350. The van der Waals surface area contributed by atoms with Crippen molar-refractivity contribution in [2.75, 3.05) is 0 Å². The van der Waals surface area contributed by atoms with Gasteiger partial charge in [0.1, 0.15) is 11.2 Å². The van der Waals surface area contributed by atoms with Crippen LogP contribution in [0.5, 0.6) is 0 Å². The second-order valence-corrected chi connectivity index (χ2v) is 19.6. The van der Waals surface area contributed by atoms with Crippen molar-refractivity contribution in [1.82, 2.24) is 9.97 Å². The Morgan fingerprint density at radius 3 is 1.87 bits per heavy atom. The number of nitrogens with zero attached hydrogens (tertiary/aromatic N) is 2. The number of hydrogen-bond donors (Lipinski definition) is 0. The van der Waals surface area contributed by atoms with E-state index in [2.05, 4.69) is 140 Å². The molecule has 62 heavy (non-hydrogen) atoms. The van der Waals surface area contributed by atoms with Gasteiger partial charge < -0.3 is 4.42 Å². The Bertz CT molecular complexity index is 3490. The minimum atomic E-state index is 0.0933. The SMILES string of the molecule is c1ccc(-c2nc(-c3cccc4c3oc3ccc(-c5ccc6c(c5)-c5cc7c(cc5C65CCCCC5)-c5ccccc5C75CCCCC5)cc34)c3sc4ccccc4c3n2)cc1. The minimum Gasteiger partial charge on any atom is -0.455 e. The van der Waals surface area contributed by atoms with Crippen LogP contribution in [-0.2, 0) is 10.8 Å². The lowest BCUT2D eigenvalue weighted by Gasteiger charge is -2.37. The summed E-state index contributed by atoms with van der Waals surface area (Å²) < 4.78 is 9.15. The first-order chi connectivity index (χ1) is 30.7. The molecule has 4 aliphatic carbocycles. The summed E-state index contributed by atoms with van der Waals surface area (Å²) in [7, 11) is 0. The van der Waals surface area contributed by atoms with Crippen molar-refractivity contribution in [3.63, 3.8) is 0 Å². The van der Waals surface area contributed by atoms with E-state index in [1.807, 2.05) is 6.07 Å². The van der Waals surface area contributed by atoms with Crippen molar-refractivity contribution < 1.29 is 4.42 Å². The third kappa shape index (κ3) is 4.82. The highest BCUT2D eigenvalue weighted by Crippen LogP contribution is 2.62. The summed E-state index contributed by atoms with van der Waals surface area (Å²) in [4.78, 5) is 10.5. The standard InChI is InChI=1S/C58H44N2OS/c1-4-15-35(16-5-1)56-59-52-40-18-7-9-22-51(40)62-55(52)53(60-56)41-20-14-19-39-45-32-37(24-26-50(45)61-54(39)41)36-23-25-47-42(31-36)44-34-48-43(33-49(44)58(47)29-12-3-13-30-58)38-17-6-8-21-46(38)57(48)27-10-2-11-28-57/h1,4-9,14-26,31-34H,2-3,10-13,27-30H2. The molecule has 0 saturated heterocycles. The van der Waals surface area contributed by atoms with Gasteiger partial charge in [0.15, 0.2) is 5.82 Å². The van der Waals surface area contributed by atoms with Gasteiger partial charge in [0.2, 0.25) is 0 Å². The maximum atomic E-state index is 6.86. The van der Waals surface area contributed by atoms with Gasteiger partial charge in [-0.25, -0.2) is 9.97 Å². The summed E-state index contributed by atoms with van der Waals surface area (Å²) in [6.07, 6.45) is 12.9. The molecule has 0 radical (unpaired) electrons. The molecule has 4 aliphatic rings. The Kier molecular flexibility index (Phi) is 7.44. The number of benzene rings is 7. The zero-order chi connectivity index (χ0) is 40.6. The van der Waals surface area contributed by atoms with Gasteiger partial charge in [-0.3, -0.25) is 0 Å². The van der Waals surface area contributed by atoms with Gasteiger partial charge in [0.25, 0.3) is 0 Å². The van der Waals surface area contributed by atoms with E-state index in [4.69, 9.17) is 14.4 Å². The van der Waals surface area contributed by atoms with E-state index in [1.165, 1.54) is 102 Å². The van der Waals surface area contributed by atoms with Crippen LogP contribution in [0.25, 0.3) is 98.3 Å². The van der Waals surface area contributed by atoms with Crippen LogP contribution < -0.4 is 0 Å². The van der Waals surface area contributed by atoms with Gasteiger partial charge in [-0.1, -0.05) is 142 Å². The Morgan fingerprint density at radius 1 is 0.435 bits per heavy atom. The van der Waals surface area contributed by atoms with Gasteiger partial charge in [-0.2, -0.15) is 0 Å². The molecule has 3 nitrogen and oxygen atoms in total. The monoisotopic (exact) mass is 816 g/mol. The fourth-order valence-corrected chi connectivity index (χ4v) is 13.8. The zero-order valence-corrected chi connectivity index (χ0v) is 35.5. The maximum absolute atomic E-state index is 6.86. The van der Waals surface area contributed by atoms with Gasteiger partial charge >= 0.3 is 0 Å². The molecule has 0 atom stereocenters. The van der Waals surface area contributed by atoms with E-state index >= 15 is 0 Å². The number of hydrogen-bond acceptors (Lipinski definition) is 4. The average Bonchev–Trinajstić information content (AvgIpc) is 4.05. The van der Waals surface area contributed by atoms with Crippen LogP contribution in [0.3, 0.4) is 0 Å². The average molecular weight is 817 g/mol. The third-order valence-electron chi connectivity index (χ3n) is 15.5. The van der Waals surface area contributed by atoms with Gasteiger partial charge in [0, 0.05) is 42.8 Å². The lowest BCUT2D eigenvalue weighted by atomic mass is 9.66. The molecule has 3 heterocycles. The fourth-order valence-electron chi connectivity index (χ4n) is 12.7. The molecular weight excluding hydrogens is 773 g/mol. The van der Waals surface area contributed by atoms with Crippen LogP contribution in [0.4, 0.5) is 0 Å². The molecule has 4 heteroatoms. The van der Waals surface area contributed by atoms with Crippen molar-refractivity contribution in [2.24, 2.45) is 0 Å². The van der Waals surface area contributed by atoms with E-state index in [1.54, 1.807) is 33.6 Å². The number of fused-ring (bicyclic) bond motifs is 16. The predicted molar refractivity (Wildman–Crippen MR) is 257 cm³/mol. The van der Waals surface area contributed by atoms with Crippen LogP contribution in [0.2, 0.25) is 0 Å². The zero-order valence-electron chi connectivity index (χ0n) is 34.6. The van der Waals surface area contributed by atoms with Crippen LogP contribution in [0, 0.1) is 0 Å². The Morgan fingerprint density at radius 2 is 1.06 bits per heavy atom. The van der Waals surface area contributed by atoms with Crippen LogP contribution in [-0.4, -0.2) is 9.97 Å². The Labute approximate surface area is 365 Å². The van der Waals surface area contributed by atoms with Gasteiger partial charge in [0.05, 0.1) is 15.9 Å². The van der Waals surface area contributed by atoms with Crippen molar-refractivity contribution in [1.29, 1.82) is 0 Å². The highest BCUT2D eigenvalue weighted by molar-refractivity contribution is 7.26. The quantitative estimate of drug-likeness (QED) is 0.178. The summed E-state index contributed by atoms with van der Waals surface area (Å²) in [6, 6.07) is 54.5. The largest absolute Gasteiger partial charge is 0.455 e. The molecule has 0 amide bonds. The van der Waals surface area contributed by atoms with Gasteiger partial charge in [-0.05, 0) is 124 Å². The molecule has 10 aromatic rings. The van der Waals surface area contributed by atoms with E-state index < -0.39 is 0 Å². The molecule has 2 fully saturated rings. The maximum Gasteiger partial charge on any atom is 0.160 e. The summed E-state index contributed by atoms with van der Waals surface area (Å²) in [6.45, 7) is 0. The predicted octanol–water partition coefficient (Wildman–Crippen LogP) is 16.2. The smallest absolute Gasteiger partial charge is 0.160 e. The number of furan rings is 1. The molecule has 2 saturated carbocycles. The molecule has 0 bridgehead atoms. The molecule has 298 valence electrons. The lowest BCUT2D eigenvalue weighted by Crippen LogP contribution is -2.29. The van der Waals surface area contributed by atoms with Crippen molar-refractivity contribution in [2.45, 2.75) is 75.0 Å². The second kappa shape index (κ2) is 13.1. The molecular formula is C58H44N2OS. The van der Waals surface area contributed by atoms with E-state index in [0.29, 0.717) is 0 Å². The molecule has 3 aromatic heterocycles. The number of thiophene rings is 1. The summed E-state index contributed by atoms with van der Waals surface area (Å²) in [5.74, 6) is 0.726. The first kappa shape index (κ1) is 35.3. The number of para-hydroxylation sites is 1. The Balaban J connectivity index is 0.929. The molecule has 0 aliphatic heterocycles. The van der Waals surface area contributed by atoms with Crippen LogP contribution in [0.15, 0.2) is 150 Å². The normalized spacial score (nSPS) is 17.0. The molecule has 7 aromatic carbocycles. The van der Waals surface area contributed by atoms with Gasteiger partial charge in [-0.15, -0.1) is 11.3 Å². The minimum absolute atomic E-state index is 0.0933. The third-order valence-corrected chi connectivity index (χ3v) is 16.7. The number of aromatic nitrogens is 2. The van der Waals surface area contributed by atoms with Crippen molar-refractivity contribution >= 4 is 53.6 Å². The van der Waals surface area contributed by atoms with Crippen LogP contribution >= 0.6 is 11.3 Å². The highest BCUT2D eigenvalue weighted by Gasteiger charge is 2.49. The van der Waals surface area contributed by atoms with Crippen molar-refractivity contribution in [3.05, 3.63) is 168 Å². The summed E-state index contributed by atoms with van der Waals surface area (Å²) in [5, 5.41) is 3.39. The fraction of sp³-hybridized carbons (Fsp3) is 0.207. The number of rotatable bonds is 3. The highest BCUT2D eigenvalue weighted by atomic mass is 32.1. The summed E-state index contributed by atoms with van der Waals surface area (Å²) >= 11 is 1.76. The van der Waals surface area contributed by atoms with E-state index in [-0.39, 0.29) is 10.8 Å². The van der Waals surface area contributed by atoms with E-state index in [9.17, 15) is 0 Å². The summed E-state index contributed by atoms with van der Waals surface area (Å²) in [5.41, 5.74) is 20.6. The Hall–Kier alpha value is -6.36. The molecule has 0 unspecified atom stereocenters. The van der Waals surface area contributed by atoms with E-state index in [0.717, 1.165) is 60.2 Å².